The van der Waals surface area contributed by atoms with Crippen LogP contribution in [0.1, 0.15) is 12.5 Å². The number of carbonyl (C=O) groups is 1. The van der Waals surface area contributed by atoms with E-state index in [1.54, 1.807) is 0 Å². The standard InChI is InChI=1S/C15H18ClNO4/c1-15(20-7-14(18)19)8-17(9-15)6-12-5-10-4-11(16)2-3-13(10)21-12/h2-4,12H,5-9H2,1H3,(H,18,19). The summed E-state index contributed by atoms with van der Waals surface area (Å²) >= 11 is 5.98. The predicted molar refractivity (Wildman–Crippen MR) is 78.0 cm³/mol. The van der Waals surface area contributed by atoms with Crippen molar-refractivity contribution in [3.05, 3.63) is 28.8 Å². The van der Waals surface area contributed by atoms with E-state index in [1.807, 2.05) is 25.1 Å². The lowest BCUT2D eigenvalue weighted by molar-refractivity contribution is -0.166. The van der Waals surface area contributed by atoms with Crippen molar-refractivity contribution >= 4 is 17.6 Å². The van der Waals surface area contributed by atoms with Gasteiger partial charge in [0.05, 0.1) is 5.60 Å². The molecule has 5 nitrogen and oxygen atoms in total. The Balaban J connectivity index is 1.47. The number of carboxylic acid groups (broad SMARTS) is 1. The second kappa shape index (κ2) is 5.48. The van der Waals surface area contributed by atoms with Crippen molar-refractivity contribution < 1.29 is 19.4 Å². The molecular formula is C15H18ClNO4. The molecule has 0 amide bonds. The average Bonchev–Trinajstić information content (AvgIpc) is 2.76. The number of benzene rings is 1. The number of halogens is 1. The van der Waals surface area contributed by atoms with Gasteiger partial charge in [-0.15, -0.1) is 0 Å². The van der Waals surface area contributed by atoms with E-state index < -0.39 is 5.97 Å². The fourth-order valence-electron chi connectivity index (χ4n) is 3.03. The van der Waals surface area contributed by atoms with E-state index in [4.69, 9.17) is 26.2 Å². The van der Waals surface area contributed by atoms with E-state index in [-0.39, 0.29) is 18.3 Å². The SMILES string of the molecule is CC1(OCC(=O)O)CN(CC2Cc3cc(Cl)ccc3O2)C1. The summed E-state index contributed by atoms with van der Waals surface area (Å²) in [5, 5.41) is 9.38. The number of likely N-dealkylation sites (tertiary alicyclic amines) is 1. The maximum Gasteiger partial charge on any atom is 0.329 e. The van der Waals surface area contributed by atoms with Crippen molar-refractivity contribution in [2.45, 2.75) is 25.0 Å². The Hall–Kier alpha value is -1.30. The molecule has 1 N–H and O–H groups in total. The van der Waals surface area contributed by atoms with Crippen LogP contribution in [0.3, 0.4) is 0 Å². The third-order valence-electron chi connectivity index (χ3n) is 3.89. The Morgan fingerprint density at radius 2 is 2.33 bits per heavy atom. The van der Waals surface area contributed by atoms with Gasteiger partial charge in [-0.3, -0.25) is 4.90 Å². The monoisotopic (exact) mass is 311 g/mol. The summed E-state index contributed by atoms with van der Waals surface area (Å²) in [5.74, 6) is -0.0176. The number of nitrogens with zero attached hydrogens (tertiary/aromatic N) is 1. The summed E-state index contributed by atoms with van der Waals surface area (Å²) in [5.41, 5.74) is 0.797. The van der Waals surface area contributed by atoms with Crippen LogP contribution in [0.25, 0.3) is 0 Å². The van der Waals surface area contributed by atoms with E-state index >= 15 is 0 Å². The van der Waals surface area contributed by atoms with Gasteiger partial charge in [-0.05, 0) is 30.7 Å². The highest BCUT2D eigenvalue weighted by Crippen LogP contribution is 2.33. The van der Waals surface area contributed by atoms with Crippen LogP contribution in [0.5, 0.6) is 5.75 Å². The number of aliphatic carboxylic acids is 1. The molecule has 1 saturated heterocycles. The van der Waals surface area contributed by atoms with E-state index in [9.17, 15) is 4.79 Å². The molecule has 0 aliphatic carbocycles. The summed E-state index contributed by atoms with van der Waals surface area (Å²) in [4.78, 5) is 12.8. The van der Waals surface area contributed by atoms with Crippen molar-refractivity contribution in [1.82, 2.24) is 4.90 Å². The minimum Gasteiger partial charge on any atom is -0.488 e. The molecule has 6 heteroatoms. The number of hydrogen-bond acceptors (Lipinski definition) is 4. The molecule has 0 saturated carbocycles. The zero-order valence-corrected chi connectivity index (χ0v) is 12.6. The normalized spacial score (nSPS) is 23.2. The van der Waals surface area contributed by atoms with Crippen molar-refractivity contribution in [2.24, 2.45) is 0 Å². The van der Waals surface area contributed by atoms with Crippen LogP contribution < -0.4 is 4.74 Å². The largest absolute Gasteiger partial charge is 0.488 e. The van der Waals surface area contributed by atoms with Crippen LogP contribution in [-0.2, 0) is 16.0 Å². The van der Waals surface area contributed by atoms with Gasteiger partial charge >= 0.3 is 5.97 Å². The van der Waals surface area contributed by atoms with Gasteiger partial charge in [0.1, 0.15) is 18.5 Å². The maximum atomic E-state index is 10.5. The van der Waals surface area contributed by atoms with E-state index in [0.29, 0.717) is 0 Å². The van der Waals surface area contributed by atoms with Crippen LogP contribution in [-0.4, -0.2) is 53.9 Å². The first-order valence-electron chi connectivity index (χ1n) is 6.97. The molecule has 2 aliphatic rings. The Morgan fingerprint density at radius 3 is 3.05 bits per heavy atom. The smallest absolute Gasteiger partial charge is 0.329 e. The predicted octanol–water partition coefficient (Wildman–Crippen LogP) is 1.82. The lowest BCUT2D eigenvalue weighted by atomic mass is 9.95. The highest BCUT2D eigenvalue weighted by molar-refractivity contribution is 6.30. The van der Waals surface area contributed by atoms with Gasteiger partial charge < -0.3 is 14.6 Å². The fraction of sp³-hybridized carbons (Fsp3) is 0.533. The fourth-order valence-corrected chi connectivity index (χ4v) is 3.23. The van der Waals surface area contributed by atoms with Crippen LogP contribution in [0.15, 0.2) is 18.2 Å². The van der Waals surface area contributed by atoms with Crippen molar-refractivity contribution in [3.8, 4) is 5.75 Å². The quantitative estimate of drug-likeness (QED) is 0.899. The molecule has 0 bridgehead atoms. The van der Waals surface area contributed by atoms with Crippen LogP contribution in [0.2, 0.25) is 5.02 Å². The molecule has 0 radical (unpaired) electrons. The molecule has 0 spiro atoms. The minimum atomic E-state index is -0.930. The molecule has 1 fully saturated rings. The Kier molecular flexibility index (Phi) is 3.82. The van der Waals surface area contributed by atoms with Gasteiger partial charge in [0.2, 0.25) is 0 Å². The lowest BCUT2D eigenvalue weighted by Gasteiger charge is -2.47. The second-order valence-electron chi connectivity index (χ2n) is 6.00. The number of rotatable bonds is 5. The first-order chi connectivity index (χ1) is 9.93. The summed E-state index contributed by atoms with van der Waals surface area (Å²) in [6.07, 6.45) is 0.988. The Labute approximate surface area is 128 Å². The van der Waals surface area contributed by atoms with Gasteiger partial charge in [-0.2, -0.15) is 0 Å². The average molecular weight is 312 g/mol. The molecule has 2 heterocycles. The van der Waals surface area contributed by atoms with Crippen LogP contribution in [0.4, 0.5) is 0 Å². The van der Waals surface area contributed by atoms with Gasteiger partial charge in [-0.1, -0.05) is 11.6 Å². The third kappa shape index (κ3) is 3.31. The Bertz CT molecular complexity index is 557. The molecule has 21 heavy (non-hydrogen) atoms. The minimum absolute atomic E-state index is 0.127. The highest BCUT2D eigenvalue weighted by Gasteiger charge is 2.41. The number of carboxylic acids is 1. The van der Waals surface area contributed by atoms with Gasteiger partial charge in [0, 0.05) is 31.1 Å². The van der Waals surface area contributed by atoms with Gasteiger partial charge in [0.15, 0.2) is 0 Å². The zero-order valence-electron chi connectivity index (χ0n) is 11.8. The van der Waals surface area contributed by atoms with E-state index in [1.165, 1.54) is 0 Å². The zero-order chi connectivity index (χ0) is 15.0. The van der Waals surface area contributed by atoms with Gasteiger partial charge in [0.25, 0.3) is 0 Å². The summed E-state index contributed by atoms with van der Waals surface area (Å²) in [7, 11) is 0. The van der Waals surface area contributed by atoms with E-state index in [0.717, 1.165) is 42.4 Å². The first kappa shape index (κ1) is 14.6. The molecule has 1 aromatic carbocycles. The highest BCUT2D eigenvalue weighted by atomic mass is 35.5. The van der Waals surface area contributed by atoms with Crippen LogP contribution >= 0.6 is 11.6 Å². The second-order valence-corrected chi connectivity index (χ2v) is 6.43. The molecule has 0 aromatic heterocycles. The molecule has 1 aromatic rings. The maximum absolute atomic E-state index is 10.5. The summed E-state index contributed by atoms with van der Waals surface area (Å²) in [6.45, 7) is 3.98. The number of hydrogen-bond donors (Lipinski definition) is 1. The topological polar surface area (TPSA) is 59.0 Å². The lowest BCUT2D eigenvalue weighted by Crippen LogP contribution is -2.63. The Morgan fingerprint density at radius 1 is 1.57 bits per heavy atom. The van der Waals surface area contributed by atoms with Crippen molar-refractivity contribution in [2.75, 3.05) is 26.2 Å². The summed E-state index contributed by atoms with van der Waals surface area (Å²) in [6, 6.07) is 5.70. The van der Waals surface area contributed by atoms with E-state index in [2.05, 4.69) is 4.90 Å². The molecule has 114 valence electrons. The molecule has 2 aliphatic heterocycles. The first-order valence-corrected chi connectivity index (χ1v) is 7.34. The molecule has 1 atom stereocenters. The molecule has 1 unspecified atom stereocenters. The molecular weight excluding hydrogens is 294 g/mol. The number of fused-ring (bicyclic) bond motifs is 1. The third-order valence-corrected chi connectivity index (χ3v) is 4.12. The summed E-state index contributed by atoms with van der Waals surface area (Å²) < 4.78 is 11.3. The van der Waals surface area contributed by atoms with Gasteiger partial charge in [-0.25, -0.2) is 4.79 Å². The van der Waals surface area contributed by atoms with Crippen molar-refractivity contribution in [3.63, 3.8) is 0 Å². The molecule has 3 rings (SSSR count). The van der Waals surface area contributed by atoms with Crippen LogP contribution in [0, 0.1) is 0 Å². The van der Waals surface area contributed by atoms with Crippen molar-refractivity contribution in [1.29, 1.82) is 0 Å². The number of ether oxygens (including phenoxy) is 2.